The molecule has 1 aliphatic rings. The molecule has 0 amide bonds. The van der Waals surface area contributed by atoms with Crippen molar-refractivity contribution in [1.29, 1.82) is 0 Å². The van der Waals surface area contributed by atoms with E-state index in [2.05, 4.69) is 29.4 Å². The standard InChI is InChI=1S/C18H19N3O2/c1-2-3-4-14-5-7-15(8-6-14)21-13-17(19-20-21)18(23)11-9-16(22)10-12-18/h5-13,23H,2-4H2,1H3. The first-order chi connectivity index (χ1) is 11.1. The van der Waals surface area contributed by atoms with E-state index in [1.807, 2.05) is 12.1 Å². The Kier molecular flexibility index (Phi) is 4.21. The number of hydrogen-bond acceptors (Lipinski definition) is 4. The van der Waals surface area contributed by atoms with Crippen LogP contribution in [0.5, 0.6) is 0 Å². The summed E-state index contributed by atoms with van der Waals surface area (Å²) in [5.41, 5.74) is 1.18. The number of unbranched alkanes of at least 4 members (excludes halogenated alkanes) is 1. The van der Waals surface area contributed by atoms with Crippen molar-refractivity contribution < 1.29 is 9.90 Å². The Morgan fingerprint density at radius 1 is 1.17 bits per heavy atom. The minimum absolute atomic E-state index is 0.148. The van der Waals surface area contributed by atoms with Crippen LogP contribution in [0, 0.1) is 0 Å². The summed E-state index contributed by atoms with van der Waals surface area (Å²) in [6, 6.07) is 8.15. The molecule has 0 atom stereocenters. The van der Waals surface area contributed by atoms with E-state index >= 15 is 0 Å². The highest BCUT2D eigenvalue weighted by atomic mass is 16.3. The minimum atomic E-state index is -1.38. The molecule has 1 heterocycles. The second-order valence-corrected chi connectivity index (χ2v) is 5.71. The number of hydrogen-bond donors (Lipinski definition) is 1. The van der Waals surface area contributed by atoms with Crippen molar-refractivity contribution in [3.8, 4) is 5.69 Å². The second-order valence-electron chi connectivity index (χ2n) is 5.71. The molecular formula is C18H19N3O2. The number of aryl methyl sites for hydroxylation is 1. The van der Waals surface area contributed by atoms with E-state index in [-0.39, 0.29) is 5.78 Å². The molecule has 0 aliphatic heterocycles. The topological polar surface area (TPSA) is 68.0 Å². The first kappa shape index (κ1) is 15.4. The van der Waals surface area contributed by atoms with Gasteiger partial charge in [-0.1, -0.05) is 30.7 Å². The number of benzene rings is 1. The molecule has 1 aliphatic carbocycles. The minimum Gasteiger partial charge on any atom is -0.376 e. The fourth-order valence-corrected chi connectivity index (χ4v) is 2.47. The number of allylic oxidation sites excluding steroid dienone is 2. The molecule has 1 aromatic heterocycles. The van der Waals surface area contributed by atoms with Gasteiger partial charge in [0.25, 0.3) is 0 Å². The molecule has 5 nitrogen and oxygen atoms in total. The molecule has 0 saturated heterocycles. The van der Waals surface area contributed by atoms with Crippen molar-refractivity contribution in [1.82, 2.24) is 15.0 Å². The molecule has 0 spiro atoms. The SMILES string of the molecule is CCCCc1ccc(-n2cc(C3(O)C=CC(=O)C=C3)nn2)cc1. The zero-order valence-corrected chi connectivity index (χ0v) is 13.0. The summed E-state index contributed by atoms with van der Waals surface area (Å²) in [6.45, 7) is 2.18. The van der Waals surface area contributed by atoms with Gasteiger partial charge in [-0.25, -0.2) is 4.68 Å². The zero-order valence-electron chi connectivity index (χ0n) is 13.0. The summed E-state index contributed by atoms with van der Waals surface area (Å²) >= 11 is 0. The lowest BCUT2D eigenvalue weighted by Gasteiger charge is -2.18. The lowest BCUT2D eigenvalue weighted by atomic mass is 9.95. The molecule has 0 saturated carbocycles. The zero-order chi connectivity index (χ0) is 16.3. The first-order valence-electron chi connectivity index (χ1n) is 7.78. The van der Waals surface area contributed by atoms with Gasteiger partial charge in [0.2, 0.25) is 0 Å². The van der Waals surface area contributed by atoms with Crippen LogP contribution in [0.2, 0.25) is 0 Å². The van der Waals surface area contributed by atoms with Crippen molar-refractivity contribution in [3.05, 3.63) is 66.0 Å². The maximum absolute atomic E-state index is 11.2. The molecule has 1 N–H and O–H groups in total. The average Bonchev–Trinajstić information content (AvgIpc) is 3.07. The van der Waals surface area contributed by atoms with E-state index in [4.69, 9.17) is 0 Å². The number of nitrogens with zero attached hydrogens (tertiary/aromatic N) is 3. The van der Waals surface area contributed by atoms with Crippen molar-refractivity contribution in [2.45, 2.75) is 31.8 Å². The highest BCUT2D eigenvalue weighted by molar-refractivity contribution is 6.00. The molecule has 0 unspecified atom stereocenters. The Morgan fingerprint density at radius 2 is 1.87 bits per heavy atom. The molecule has 23 heavy (non-hydrogen) atoms. The Balaban J connectivity index is 1.80. The highest BCUT2D eigenvalue weighted by Gasteiger charge is 2.29. The molecule has 0 bridgehead atoms. The van der Waals surface area contributed by atoms with Gasteiger partial charge in [-0.05, 0) is 54.8 Å². The van der Waals surface area contributed by atoms with Crippen molar-refractivity contribution in [3.63, 3.8) is 0 Å². The van der Waals surface area contributed by atoms with E-state index in [0.717, 1.165) is 12.1 Å². The quantitative estimate of drug-likeness (QED) is 0.921. The Morgan fingerprint density at radius 3 is 2.52 bits per heavy atom. The van der Waals surface area contributed by atoms with Gasteiger partial charge in [-0.2, -0.15) is 0 Å². The third kappa shape index (κ3) is 3.29. The fraction of sp³-hybridized carbons (Fsp3) is 0.278. The molecule has 118 valence electrons. The molecule has 0 fully saturated rings. The molecular weight excluding hydrogens is 290 g/mol. The van der Waals surface area contributed by atoms with Crippen LogP contribution in [0.1, 0.15) is 31.0 Å². The normalized spacial score (nSPS) is 16.0. The van der Waals surface area contributed by atoms with Gasteiger partial charge in [-0.3, -0.25) is 4.79 Å². The Labute approximate surface area is 135 Å². The van der Waals surface area contributed by atoms with Crippen LogP contribution in [0.25, 0.3) is 5.69 Å². The van der Waals surface area contributed by atoms with Crippen LogP contribution in [-0.4, -0.2) is 25.9 Å². The molecule has 3 rings (SSSR count). The monoisotopic (exact) mass is 309 g/mol. The van der Waals surface area contributed by atoms with E-state index < -0.39 is 5.60 Å². The van der Waals surface area contributed by atoms with Gasteiger partial charge in [0, 0.05) is 0 Å². The third-order valence-corrected chi connectivity index (χ3v) is 3.93. The lowest BCUT2D eigenvalue weighted by Crippen LogP contribution is -2.23. The molecule has 5 heteroatoms. The lowest BCUT2D eigenvalue weighted by molar-refractivity contribution is -0.110. The van der Waals surface area contributed by atoms with Crippen LogP contribution >= 0.6 is 0 Å². The van der Waals surface area contributed by atoms with Crippen LogP contribution in [0.4, 0.5) is 0 Å². The smallest absolute Gasteiger partial charge is 0.178 e. The molecule has 1 aromatic carbocycles. The predicted octanol–water partition coefficient (Wildman–Crippen LogP) is 2.49. The number of carbonyl (C=O) groups excluding carboxylic acids is 1. The van der Waals surface area contributed by atoms with E-state index in [1.54, 1.807) is 10.9 Å². The number of ketones is 1. The maximum atomic E-state index is 11.2. The van der Waals surface area contributed by atoms with E-state index in [9.17, 15) is 9.90 Å². The van der Waals surface area contributed by atoms with Gasteiger partial charge >= 0.3 is 0 Å². The number of aromatic nitrogens is 3. The van der Waals surface area contributed by atoms with Gasteiger partial charge in [-0.15, -0.1) is 5.10 Å². The Bertz CT molecular complexity index is 741. The molecule has 2 aromatic rings. The van der Waals surface area contributed by atoms with Crippen molar-refractivity contribution in [2.24, 2.45) is 0 Å². The van der Waals surface area contributed by atoms with Crippen LogP contribution in [0.3, 0.4) is 0 Å². The summed E-state index contributed by atoms with van der Waals surface area (Å²) < 4.78 is 1.62. The van der Waals surface area contributed by atoms with Gasteiger partial charge in [0.15, 0.2) is 5.78 Å². The first-order valence-corrected chi connectivity index (χ1v) is 7.78. The summed E-state index contributed by atoms with van der Waals surface area (Å²) in [4.78, 5) is 11.2. The van der Waals surface area contributed by atoms with Gasteiger partial charge < -0.3 is 5.11 Å². The fourth-order valence-electron chi connectivity index (χ4n) is 2.47. The summed E-state index contributed by atoms with van der Waals surface area (Å²) in [7, 11) is 0. The van der Waals surface area contributed by atoms with Crippen molar-refractivity contribution >= 4 is 5.78 Å². The number of aliphatic hydroxyl groups is 1. The summed E-state index contributed by atoms with van der Waals surface area (Å²) in [6.07, 6.45) is 10.6. The van der Waals surface area contributed by atoms with Crippen LogP contribution in [0.15, 0.2) is 54.8 Å². The number of rotatable bonds is 5. The predicted molar refractivity (Wildman–Crippen MR) is 87.2 cm³/mol. The number of carbonyl (C=O) groups is 1. The largest absolute Gasteiger partial charge is 0.376 e. The van der Waals surface area contributed by atoms with Crippen LogP contribution in [-0.2, 0) is 16.8 Å². The van der Waals surface area contributed by atoms with Gasteiger partial charge in [0.1, 0.15) is 11.3 Å². The Hall–Kier alpha value is -2.53. The van der Waals surface area contributed by atoms with E-state index in [0.29, 0.717) is 5.69 Å². The summed E-state index contributed by atoms with van der Waals surface area (Å²) in [5.74, 6) is -0.148. The van der Waals surface area contributed by atoms with Crippen molar-refractivity contribution in [2.75, 3.05) is 0 Å². The molecule has 0 radical (unpaired) electrons. The van der Waals surface area contributed by atoms with E-state index in [1.165, 1.54) is 42.7 Å². The second kappa shape index (κ2) is 6.30. The maximum Gasteiger partial charge on any atom is 0.178 e. The van der Waals surface area contributed by atoms with Gasteiger partial charge in [0.05, 0.1) is 11.9 Å². The summed E-state index contributed by atoms with van der Waals surface area (Å²) in [5, 5.41) is 18.6. The highest BCUT2D eigenvalue weighted by Crippen LogP contribution is 2.25. The third-order valence-electron chi connectivity index (χ3n) is 3.93. The van der Waals surface area contributed by atoms with Crippen LogP contribution < -0.4 is 0 Å². The average molecular weight is 309 g/mol.